The van der Waals surface area contributed by atoms with E-state index in [0.29, 0.717) is 12.2 Å². The Labute approximate surface area is 114 Å². The van der Waals surface area contributed by atoms with Crippen LogP contribution < -0.4 is 4.74 Å². The van der Waals surface area contributed by atoms with Crippen molar-refractivity contribution < 1.29 is 4.74 Å². The Morgan fingerprint density at radius 2 is 1.53 bits per heavy atom. The maximum absolute atomic E-state index is 8.77. The maximum Gasteiger partial charge on any atom is 0.119 e. The van der Waals surface area contributed by atoms with Crippen LogP contribution in [-0.4, -0.2) is 6.61 Å². The normalized spacial score (nSPS) is 9.89. The van der Waals surface area contributed by atoms with Gasteiger partial charge in [0.25, 0.3) is 0 Å². The summed E-state index contributed by atoms with van der Waals surface area (Å²) >= 11 is 0. The molecule has 19 heavy (non-hydrogen) atoms. The molecule has 0 spiro atoms. The molecule has 2 nitrogen and oxygen atoms in total. The fraction of sp³-hybridized carbons (Fsp3) is 0.176. The summed E-state index contributed by atoms with van der Waals surface area (Å²) in [6, 6.07) is 17.7. The highest BCUT2D eigenvalue weighted by Gasteiger charge is 1.99. The molecule has 0 fully saturated rings. The first-order valence-electron chi connectivity index (χ1n) is 6.36. The number of hydrogen-bond acceptors (Lipinski definition) is 2. The Morgan fingerprint density at radius 3 is 2.05 bits per heavy atom. The quantitative estimate of drug-likeness (QED) is 0.744. The van der Waals surface area contributed by atoms with Gasteiger partial charge in [0.1, 0.15) is 5.75 Å². The minimum absolute atomic E-state index is 0.678. The van der Waals surface area contributed by atoms with E-state index >= 15 is 0 Å². The summed E-state index contributed by atoms with van der Waals surface area (Å²) in [7, 11) is 0. The second-order valence-corrected chi connectivity index (χ2v) is 4.27. The van der Waals surface area contributed by atoms with E-state index in [0.717, 1.165) is 29.7 Å². The van der Waals surface area contributed by atoms with E-state index in [1.54, 1.807) is 0 Å². The van der Waals surface area contributed by atoms with E-state index in [9.17, 15) is 0 Å². The van der Waals surface area contributed by atoms with Crippen LogP contribution in [0.2, 0.25) is 0 Å². The highest BCUT2D eigenvalue weighted by molar-refractivity contribution is 5.64. The summed E-state index contributed by atoms with van der Waals surface area (Å²) in [6.45, 7) is 4.49. The smallest absolute Gasteiger partial charge is 0.119 e. The lowest BCUT2D eigenvalue weighted by Crippen LogP contribution is -1.95. The molecule has 0 atom stereocenters. The molecule has 0 aliphatic rings. The zero-order valence-corrected chi connectivity index (χ0v) is 10.8. The Balaban J connectivity index is 2.07. The fourth-order valence-corrected chi connectivity index (χ4v) is 1.77. The topological polar surface area (TPSA) is 33.0 Å². The average molecular weight is 250 g/mol. The molecular weight excluding hydrogens is 234 g/mol. The molecule has 0 amide bonds. The Hall–Kier alpha value is -2.27. The molecule has 0 aromatic heterocycles. The van der Waals surface area contributed by atoms with Crippen molar-refractivity contribution in [2.24, 2.45) is 0 Å². The molecule has 0 saturated heterocycles. The summed E-state index contributed by atoms with van der Waals surface area (Å²) < 4.78 is 5.59. The van der Waals surface area contributed by atoms with Crippen molar-refractivity contribution in [3.63, 3.8) is 0 Å². The zero-order chi connectivity index (χ0) is 13.5. The first-order valence-corrected chi connectivity index (χ1v) is 6.36. The standard InChI is InChI=1S/C17H16NO/c1-2-3-12-19-17-10-8-16(9-11-17)15-6-4-14(13-18)5-7-15/h4-11H,1-3,12H2. The fourth-order valence-electron chi connectivity index (χ4n) is 1.77. The van der Waals surface area contributed by atoms with Crippen molar-refractivity contribution in [1.29, 1.82) is 5.26 Å². The van der Waals surface area contributed by atoms with Crippen LogP contribution in [0.1, 0.15) is 18.4 Å². The number of rotatable bonds is 5. The number of hydrogen-bond donors (Lipinski definition) is 0. The minimum Gasteiger partial charge on any atom is -0.494 e. The van der Waals surface area contributed by atoms with Crippen LogP contribution in [0.4, 0.5) is 0 Å². The summed E-state index contributed by atoms with van der Waals surface area (Å²) in [5, 5.41) is 8.77. The predicted molar refractivity (Wildman–Crippen MR) is 76.7 cm³/mol. The second-order valence-electron chi connectivity index (χ2n) is 4.27. The van der Waals surface area contributed by atoms with E-state index in [1.807, 2.05) is 48.5 Å². The number of benzene rings is 2. The molecule has 0 bridgehead atoms. The molecule has 2 heteroatoms. The summed E-state index contributed by atoms with van der Waals surface area (Å²) in [5.74, 6) is 0.880. The van der Waals surface area contributed by atoms with Gasteiger partial charge in [0.15, 0.2) is 0 Å². The van der Waals surface area contributed by atoms with Crippen molar-refractivity contribution in [3.8, 4) is 22.9 Å². The second kappa shape index (κ2) is 6.61. The van der Waals surface area contributed by atoms with Crippen LogP contribution in [-0.2, 0) is 0 Å². The van der Waals surface area contributed by atoms with Crippen LogP contribution in [0.25, 0.3) is 11.1 Å². The largest absolute Gasteiger partial charge is 0.494 e. The Bertz CT molecular complexity index is 549. The molecule has 1 radical (unpaired) electrons. The van der Waals surface area contributed by atoms with Crippen LogP contribution in [0, 0.1) is 18.3 Å². The molecular formula is C17H16NO. The maximum atomic E-state index is 8.77. The van der Waals surface area contributed by atoms with Crippen molar-refractivity contribution in [3.05, 3.63) is 61.0 Å². The van der Waals surface area contributed by atoms with Crippen LogP contribution in [0.15, 0.2) is 48.5 Å². The first-order chi connectivity index (χ1) is 9.33. The lowest BCUT2D eigenvalue weighted by Gasteiger charge is -2.06. The van der Waals surface area contributed by atoms with Crippen molar-refractivity contribution in [1.82, 2.24) is 0 Å². The van der Waals surface area contributed by atoms with Crippen molar-refractivity contribution >= 4 is 0 Å². The van der Waals surface area contributed by atoms with Gasteiger partial charge in [-0.05, 0) is 41.8 Å². The summed E-state index contributed by atoms with van der Waals surface area (Å²) in [5.41, 5.74) is 2.90. The van der Waals surface area contributed by atoms with Gasteiger partial charge in [0, 0.05) is 0 Å². The van der Waals surface area contributed by atoms with E-state index in [2.05, 4.69) is 13.0 Å². The third kappa shape index (κ3) is 3.59. The number of ether oxygens (including phenoxy) is 1. The molecule has 0 aliphatic heterocycles. The first kappa shape index (κ1) is 13.2. The van der Waals surface area contributed by atoms with Gasteiger partial charge in [0.05, 0.1) is 18.2 Å². The van der Waals surface area contributed by atoms with Gasteiger partial charge in [0.2, 0.25) is 0 Å². The lowest BCUT2D eigenvalue weighted by atomic mass is 10.0. The van der Waals surface area contributed by atoms with Gasteiger partial charge in [-0.25, -0.2) is 0 Å². The molecule has 95 valence electrons. The Kier molecular flexibility index (Phi) is 4.58. The molecule has 0 N–H and O–H groups in total. The van der Waals surface area contributed by atoms with E-state index in [1.165, 1.54) is 0 Å². The van der Waals surface area contributed by atoms with Crippen LogP contribution in [0.3, 0.4) is 0 Å². The van der Waals surface area contributed by atoms with Crippen LogP contribution in [0.5, 0.6) is 5.75 Å². The van der Waals surface area contributed by atoms with Gasteiger partial charge >= 0.3 is 0 Å². The van der Waals surface area contributed by atoms with Gasteiger partial charge in [-0.3, -0.25) is 0 Å². The molecule has 0 saturated carbocycles. The number of nitrogens with zero attached hydrogens (tertiary/aromatic N) is 1. The number of unbranched alkanes of at least 4 members (excludes halogenated alkanes) is 1. The Morgan fingerprint density at radius 1 is 0.947 bits per heavy atom. The highest BCUT2D eigenvalue weighted by atomic mass is 16.5. The van der Waals surface area contributed by atoms with Crippen molar-refractivity contribution in [2.45, 2.75) is 12.8 Å². The van der Waals surface area contributed by atoms with Gasteiger partial charge in [-0.15, -0.1) is 0 Å². The van der Waals surface area contributed by atoms with Gasteiger partial charge in [-0.2, -0.15) is 5.26 Å². The zero-order valence-electron chi connectivity index (χ0n) is 10.8. The van der Waals surface area contributed by atoms with Crippen LogP contribution >= 0.6 is 0 Å². The predicted octanol–water partition coefficient (Wildman–Crippen LogP) is 4.22. The molecule has 2 rings (SSSR count). The molecule has 2 aromatic carbocycles. The number of nitriles is 1. The summed E-state index contributed by atoms with van der Waals surface area (Å²) in [4.78, 5) is 0. The average Bonchev–Trinajstić information content (AvgIpc) is 2.48. The van der Waals surface area contributed by atoms with E-state index in [-0.39, 0.29) is 0 Å². The van der Waals surface area contributed by atoms with Gasteiger partial charge in [-0.1, -0.05) is 37.6 Å². The third-order valence-corrected chi connectivity index (χ3v) is 2.86. The third-order valence-electron chi connectivity index (χ3n) is 2.86. The highest BCUT2D eigenvalue weighted by Crippen LogP contribution is 2.22. The minimum atomic E-state index is 0.678. The molecule has 0 aliphatic carbocycles. The molecule has 0 unspecified atom stereocenters. The van der Waals surface area contributed by atoms with Crippen molar-refractivity contribution in [2.75, 3.05) is 6.61 Å². The lowest BCUT2D eigenvalue weighted by molar-refractivity contribution is 0.312. The monoisotopic (exact) mass is 250 g/mol. The van der Waals surface area contributed by atoms with E-state index < -0.39 is 0 Å². The van der Waals surface area contributed by atoms with E-state index in [4.69, 9.17) is 10.00 Å². The summed E-state index contributed by atoms with van der Waals surface area (Å²) in [6.07, 6.45) is 1.86. The molecule has 0 heterocycles. The SMILES string of the molecule is [CH2]CCCOc1ccc(-c2ccc(C#N)cc2)cc1. The van der Waals surface area contributed by atoms with Gasteiger partial charge < -0.3 is 4.74 Å². The molecule has 2 aromatic rings.